The number of aromatic nitrogens is 3. The Hall–Kier alpha value is -3.06. The molecule has 2 saturated heterocycles. The Morgan fingerprint density at radius 3 is 2.65 bits per heavy atom. The molecular formula is C24H27N5O2. The molecule has 31 heavy (non-hydrogen) atoms. The first kappa shape index (κ1) is 19.9. The second kappa shape index (κ2) is 8.59. The van der Waals surface area contributed by atoms with Crippen molar-refractivity contribution in [3.63, 3.8) is 0 Å². The quantitative estimate of drug-likeness (QED) is 0.575. The monoisotopic (exact) mass is 417 g/mol. The number of pyridine rings is 1. The van der Waals surface area contributed by atoms with Gasteiger partial charge in [0.2, 0.25) is 5.91 Å². The zero-order valence-corrected chi connectivity index (χ0v) is 17.8. The number of rotatable bonds is 6. The minimum Gasteiger partial charge on any atom is -0.371 e. The lowest BCUT2D eigenvalue weighted by molar-refractivity contribution is -0.137. The number of anilines is 1. The summed E-state index contributed by atoms with van der Waals surface area (Å²) in [6.07, 6.45) is 8.24. The first-order chi connectivity index (χ1) is 15.2. The lowest BCUT2D eigenvalue weighted by atomic mass is 10.1. The summed E-state index contributed by atoms with van der Waals surface area (Å²) in [5.41, 5.74) is 4.04. The summed E-state index contributed by atoms with van der Waals surface area (Å²) in [5.74, 6) is 1.10. The molecule has 7 nitrogen and oxygen atoms in total. The predicted octanol–water partition coefficient (Wildman–Crippen LogP) is 2.77. The highest BCUT2D eigenvalue weighted by molar-refractivity contribution is 5.78. The van der Waals surface area contributed by atoms with Crippen molar-refractivity contribution in [1.82, 2.24) is 19.9 Å². The minimum atomic E-state index is 0.0751. The highest BCUT2D eigenvalue weighted by atomic mass is 16.5. The van der Waals surface area contributed by atoms with Gasteiger partial charge in [0.05, 0.1) is 17.6 Å². The van der Waals surface area contributed by atoms with Gasteiger partial charge in [-0.2, -0.15) is 0 Å². The van der Waals surface area contributed by atoms with Crippen LogP contribution in [0.2, 0.25) is 0 Å². The number of hydrogen-bond acceptors (Lipinski definition) is 6. The number of amides is 1. The molecule has 5 rings (SSSR count). The molecule has 2 fully saturated rings. The Morgan fingerprint density at radius 1 is 1.06 bits per heavy atom. The fourth-order valence-electron chi connectivity index (χ4n) is 4.78. The van der Waals surface area contributed by atoms with Gasteiger partial charge in [0.25, 0.3) is 0 Å². The van der Waals surface area contributed by atoms with Gasteiger partial charge in [0.15, 0.2) is 0 Å². The number of fused-ring (bicyclic) bond motifs is 3. The second-order valence-electron chi connectivity index (χ2n) is 8.43. The number of carbonyl (C=O) groups is 1. The van der Waals surface area contributed by atoms with Gasteiger partial charge in [0.1, 0.15) is 12.4 Å². The van der Waals surface area contributed by atoms with E-state index < -0.39 is 0 Å². The molecule has 2 bridgehead atoms. The predicted molar refractivity (Wildman–Crippen MR) is 119 cm³/mol. The van der Waals surface area contributed by atoms with Crippen molar-refractivity contribution >= 4 is 22.8 Å². The Balaban J connectivity index is 1.14. The maximum Gasteiger partial charge on any atom is 0.248 e. The van der Waals surface area contributed by atoms with Crippen LogP contribution in [-0.4, -0.2) is 64.1 Å². The third-order valence-electron chi connectivity index (χ3n) is 6.32. The number of aryl methyl sites for hydroxylation is 1. The molecule has 0 aliphatic carbocycles. The Bertz CT molecular complexity index is 1050. The summed E-state index contributed by atoms with van der Waals surface area (Å²) < 4.78 is 5.75. The van der Waals surface area contributed by atoms with Crippen LogP contribution in [0.4, 0.5) is 5.82 Å². The van der Waals surface area contributed by atoms with E-state index in [1.807, 2.05) is 29.3 Å². The molecule has 0 N–H and O–H groups in total. The van der Waals surface area contributed by atoms with Crippen LogP contribution >= 0.6 is 0 Å². The molecule has 7 heteroatoms. The zero-order chi connectivity index (χ0) is 21.2. The third kappa shape index (κ3) is 4.10. The first-order valence-electron chi connectivity index (χ1n) is 10.9. The topological polar surface area (TPSA) is 71.5 Å². The van der Waals surface area contributed by atoms with Gasteiger partial charge in [-0.15, -0.1) is 0 Å². The largest absolute Gasteiger partial charge is 0.371 e. The van der Waals surface area contributed by atoms with Gasteiger partial charge in [-0.25, -0.2) is 4.98 Å². The van der Waals surface area contributed by atoms with E-state index in [1.165, 1.54) is 0 Å². The van der Waals surface area contributed by atoms with E-state index in [0.29, 0.717) is 25.1 Å². The molecule has 2 unspecified atom stereocenters. The molecule has 1 amide bonds. The second-order valence-corrected chi connectivity index (χ2v) is 8.43. The van der Waals surface area contributed by atoms with Crippen molar-refractivity contribution in [2.24, 2.45) is 0 Å². The third-order valence-corrected chi connectivity index (χ3v) is 6.32. The molecule has 1 aromatic carbocycles. The van der Waals surface area contributed by atoms with Crippen LogP contribution in [0.15, 0.2) is 48.9 Å². The molecule has 160 valence electrons. The molecule has 0 radical (unpaired) electrons. The summed E-state index contributed by atoms with van der Waals surface area (Å²) in [6, 6.07) is 10.9. The van der Waals surface area contributed by atoms with E-state index in [4.69, 9.17) is 4.74 Å². The van der Waals surface area contributed by atoms with Crippen molar-refractivity contribution in [3.8, 4) is 0 Å². The summed E-state index contributed by atoms with van der Waals surface area (Å²) >= 11 is 0. The molecule has 2 atom stereocenters. The van der Waals surface area contributed by atoms with Crippen LogP contribution < -0.4 is 4.90 Å². The molecule has 0 spiro atoms. The van der Waals surface area contributed by atoms with Crippen molar-refractivity contribution in [3.05, 3.63) is 60.0 Å². The Kier molecular flexibility index (Phi) is 5.51. The molecule has 0 saturated carbocycles. The molecule has 2 aromatic heterocycles. The van der Waals surface area contributed by atoms with Gasteiger partial charge < -0.3 is 14.5 Å². The van der Waals surface area contributed by atoms with E-state index in [1.54, 1.807) is 12.4 Å². The smallest absolute Gasteiger partial charge is 0.248 e. The minimum absolute atomic E-state index is 0.0751. The normalized spacial score (nSPS) is 20.4. The van der Waals surface area contributed by atoms with Crippen molar-refractivity contribution < 1.29 is 9.53 Å². The number of para-hydroxylation sites is 1. The highest BCUT2D eigenvalue weighted by Crippen LogP contribution is 2.33. The van der Waals surface area contributed by atoms with E-state index >= 15 is 0 Å². The SMILES string of the molecule is Cc1ccc(N2C3CCC2CN(C(=O)COCCc2cccc4nccnc24)C3)nc1. The zero-order valence-electron chi connectivity index (χ0n) is 17.8. The van der Waals surface area contributed by atoms with E-state index in [-0.39, 0.29) is 12.5 Å². The molecule has 3 aromatic rings. The number of nitrogens with zero attached hydrogens (tertiary/aromatic N) is 5. The molecule has 4 heterocycles. The van der Waals surface area contributed by atoms with Gasteiger partial charge in [-0.3, -0.25) is 14.8 Å². The summed E-state index contributed by atoms with van der Waals surface area (Å²) in [4.78, 5) is 30.5. The fraction of sp³-hybridized carbons (Fsp3) is 0.417. The van der Waals surface area contributed by atoms with Gasteiger partial charge in [-0.05, 0) is 49.4 Å². The van der Waals surface area contributed by atoms with E-state index in [9.17, 15) is 4.79 Å². The molecule has 2 aliphatic rings. The van der Waals surface area contributed by atoms with E-state index in [2.05, 4.69) is 38.9 Å². The number of carbonyl (C=O) groups excluding carboxylic acids is 1. The van der Waals surface area contributed by atoms with E-state index in [0.717, 1.165) is 53.9 Å². The Labute approximate surface area is 182 Å². The average Bonchev–Trinajstić information content (AvgIpc) is 3.06. The van der Waals surface area contributed by atoms with Crippen LogP contribution in [0, 0.1) is 6.92 Å². The number of ether oxygens (including phenoxy) is 1. The number of hydrogen-bond donors (Lipinski definition) is 0. The van der Waals surface area contributed by atoms with Crippen molar-refractivity contribution in [2.75, 3.05) is 31.2 Å². The fourth-order valence-corrected chi connectivity index (χ4v) is 4.78. The lowest BCUT2D eigenvalue weighted by Gasteiger charge is -2.41. The maximum atomic E-state index is 12.8. The molecule has 2 aliphatic heterocycles. The van der Waals surface area contributed by atoms with Gasteiger partial charge in [-0.1, -0.05) is 18.2 Å². The summed E-state index contributed by atoms with van der Waals surface area (Å²) in [7, 11) is 0. The van der Waals surface area contributed by atoms with Crippen molar-refractivity contribution in [1.29, 1.82) is 0 Å². The first-order valence-corrected chi connectivity index (χ1v) is 10.9. The Morgan fingerprint density at radius 2 is 1.87 bits per heavy atom. The summed E-state index contributed by atoms with van der Waals surface area (Å²) in [6.45, 7) is 4.15. The van der Waals surface area contributed by atoms with Crippen molar-refractivity contribution in [2.45, 2.75) is 38.3 Å². The summed E-state index contributed by atoms with van der Waals surface area (Å²) in [5, 5.41) is 0. The lowest BCUT2D eigenvalue weighted by Crippen LogP contribution is -2.56. The average molecular weight is 418 g/mol. The van der Waals surface area contributed by atoms with Gasteiger partial charge >= 0.3 is 0 Å². The number of benzene rings is 1. The van der Waals surface area contributed by atoms with Crippen LogP contribution in [0.25, 0.3) is 11.0 Å². The number of likely N-dealkylation sites (tertiary alicyclic amines) is 1. The molecular weight excluding hydrogens is 390 g/mol. The van der Waals surface area contributed by atoms with Crippen LogP contribution in [-0.2, 0) is 16.0 Å². The van der Waals surface area contributed by atoms with Crippen LogP contribution in [0.3, 0.4) is 0 Å². The maximum absolute atomic E-state index is 12.8. The highest BCUT2D eigenvalue weighted by Gasteiger charge is 2.41. The number of piperazine rings is 1. The standard InChI is InChI=1S/C24H27N5O2/c1-17-5-8-22(27-13-17)29-19-6-7-20(29)15-28(14-19)23(30)16-31-12-9-18-3-2-4-21-24(18)26-11-10-25-21/h2-5,8,10-11,13,19-20H,6-7,9,12,14-16H2,1H3. The van der Waals surface area contributed by atoms with Crippen LogP contribution in [0.1, 0.15) is 24.0 Å². The van der Waals surface area contributed by atoms with Gasteiger partial charge in [0, 0.05) is 43.8 Å². The van der Waals surface area contributed by atoms with Crippen LogP contribution in [0.5, 0.6) is 0 Å².